The number of nitrogens with one attached hydrogen (secondary N) is 1. The van der Waals surface area contributed by atoms with Gasteiger partial charge in [0.05, 0.1) is 39.9 Å². The molecule has 1 fully saturated rings. The molecule has 44 heavy (non-hydrogen) atoms. The van der Waals surface area contributed by atoms with Crippen LogP contribution in [-0.2, 0) is 9.84 Å². The first-order valence-electron chi connectivity index (χ1n) is 14.8. The maximum Gasteiger partial charge on any atom is 0.248 e. The van der Waals surface area contributed by atoms with Crippen LogP contribution in [-0.4, -0.2) is 53.7 Å². The zero-order valence-electron chi connectivity index (χ0n) is 25.8. The van der Waals surface area contributed by atoms with E-state index in [4.69, 9.17) is 16.6 Å². The summed E-state index contributed by atoms with van der Waals surface area (Å²) < 4.78 is 57.7. The highest BCUT2D eigenvalue weighted by Crippen LogP contribution is 2.47. The van der Waals surface area contributed by atoms with E-state index in [-0.39, 0.29) is 42.4 Å². The molecule has 1 aliphatic rings. The summed E-state index contributed by atoms with van der Waals surface area (Å²) in [6, 6.07) is 11.1. The van der Waals surface area contributed by atoms with Crippen LogP contribution in [0.5, 0.6) is 0 Å². The van der Waals surface area contributed by atoms with E-state index in [1.54, 1.807) is 20.2 Å². The second kappa shape index (κ2) is 12.0. The van der Waals surface area contributed by atoms with Crippen LogP contribution in [0, 0.1) is 11.8 Å². The van der Waals surface area contributed by atoms with Crippen molar-refractivity contribution in [2.75, 3.05) is 25.2 Å². The van der Waals surface area contributed by atoms with E-state index >= 15 is 0 Å². The highest BCUT2D eigenvalue weighted by Gasteiger charge is 2.40. The first-order chi connectivity index (χ1) is 20.7. The second-order valence-corrected chi connectivity index (χ2v) is 14.4. The van der Waals surface area contributed by atoms with Crippen molar-refractivity contribution in [3.05, 3.63) is 65.6 Å². The number of sulfone groups is 1. The summed E-state index contributed by atoms with van der Waals surface area (Å²) in [5, 5.41) is 5.38. The number of nitrogens with two attached hydrogens (primary N) is 2. The fraction of sp³-hybridized carbons (Fsp3) is 0.438. The minimum absolute atomic E-state index is 0.0472. The molecule has 5 N–H and O–H groups in total. The Bertz CT molecular complexity index is 1800. The van der Waals surface area contributed by atoms with Crippen molar-refractivity contribution in [3.63, 3.8) is 0 Å². The molecule has 0 saturated heterocycles. The number of halogens is 2. The molecule has 1 unspecified atom stereocenters. The van der Waals surface area contributed by atoms with Crippen LogP contribution in [0.1, 0.15) is 63.6 Å². The zero-order valence-corrected chi connectivity index (χ0v) is 26.6. The molecule has 236 valence electrons. The number of alkyl halides is 2. The number of fused-ring (bicyclic) bond motifs is 3. The Morgan fingerprint density at radius 1 is 1.16 bits per heavy atom. The SMILES string of the molecule is C/C(N)=C(\c1cnc2c3c(NCC(C)C)ncc(S(C)(=O)=O)c3n(C(c3ccccc3)C3CCC(F)(F)CC3)c2c1)N(C)N. The predicted molar refractivity (Wildman–Crippen MR) is 172 cm³/mol. The molecule has 12 heteroatoms. The van der Waals surface area contributed by atoms with Gasteiger partial charge in [-0.05, 0) is 43.2 Å². The standard InChI is InChI=1S/C32H41F2N7O2S/c1-19(2)16-38-31-26-27-24(15-23(17-37-27)28(20(3)35)40(4)36)41(30(26)25(18-39-31)44(5,42)43)29(21-9-7-6-8-10-21)22-11-13-32(33,34)14-12-22/h6-10,15,17-19,22,29H,11-14,16,35-36H2,1-5H3,(H,38,39)/b28-20-. The lowest BCUT2D eigenvalue weighted by Gasteiger charge is -2.36. The van der Waals surface area contributed by atoms with Gasteiger partial charge in [0.15, 0.2) is 9.84 Å². The third kappa shape index (κ3) is 6.10. The lowest BCUT2D eigenvalue weighted by Crippen LogP contribution is -2.30. The molecule has 0 bridgehead atoms. The van der Waals surface area contributed by atoms with Gasteiger partial charge in [0, 0.05) is 50.1 Å². The van der Waals surface area contributed by atoms with Crippen molar-refractivity contribution < 1.29 is 17.2 Å². The number of pyridine rings is 2. The molecule has 1 aromatic carbocycles. The third-order valence-corrected chi connectivity index (χ3v) is 9.42. The summed E-state index contributed by atoms with van der Waals surface area (Å²) in [6.07, 6.45) is 4.29. The second-order valence-electron chi connectivity index (χ2n) is 12.4. The van der Waals surface area contributed by atoms with E-state index in [0.29, 0.717) is 51.3 Å². The summed E-state index contributed by atoms with van der Waals surface area (Å²) in [6.45, 7) is 6.48. The van der Waals surface area contributed by atoms with E-state index in [9.17, 15) is 17.2 Å². The van der Waals surface area contributed by atoms with Crippen LogP contribution in [0.15, 0.2) is 59.4 Å². The maximum atomic E-state index is 14.5. The van der Waals surface area contributed by atoms with Crippen molar-refractivity contribution in [1.29, 1.82) is 0 Å². The van der Waals surface area contributed by atoms with Gasteiger partial charge in [-0.25, -0.2) is 28.0 Å². The minimum Gasteiger partial charge on any atom is -0.401 e. The predicted octanol–water partition coefficient (Wildman–Crippen LogP) is 5.92. The summed E-state index contributed by atoms with van der Waals surface area (Å²) >= 11 is 0. The summed E-state index contributed by atoms with van der Waals surface area (Å²) in [7, 11) is -2.10. The first-order valence-corrected chi connectivity index (χ1v) is 16.7. The molecular weight excluding hydrogens is 584 g/mol. The topological polar surface area (TPSA) is 132 Å². The van der Waals surface area contributed by atoms with Gasteiger partial charge in [0.25, 0.3) is 0 Å². The van der Waals surface area contributed by atoms with Gasteiger partial charge < -0.3 is 20.6 Å². The largest absolute Gasteiger partial charge is 0.401 e. The molecule has 9 nitrogen and oxygen atoms in total. The Labute approximate surface area is 257 Å². The third-order valence-electron chi connectivity index (χ3n) is 8.33. The number of benzene rings is 1. The molecule has 0 aliphatic heterocycles. The highest BCUT2D eigenvalue weighted by molar-refractivity contribution is 7.91. The Balaban J connectivity index is 1.95. The number of anilines is 1. The minimum atomic E-state index is -3.78. The number of rotatable bonds is 9. The van der Waals surface area contributed by atoms with Crippen LogP contribution < -0.4 is 16.9 Å². The van der Waals surface area contributed by atoms with Crippen molar-refractivity contribution in [1.82, 2.24) is 19.5 Å². The quantitative estimate of drug-likeness (QED) is 0.154. The molecule has 1 saturated carbocycles. The van der Waals surface area contributed by atoms with Crippen molar-refractivity contribution in [3.8, 4) is 0 Å². The molecule has 0 spiro atoms. The van der Waals surface area contributed by atoms with Gasteiger partial charge in [-0.15, -0.1) is 0 Å². The number of hydrazine groups is 1. The molecule has 0 amide bonds. The monoisotopic (exact) mass is 625 g/mol. The maximum absolute atomic E-state index is 14.5. The lowest BCUT2D eigenvalue weighted by molar-refractivity contribution is -0.0493. The number of aromatic nitrogens is 3. The first kappa shape index (κ1) is 31.6. The average Bonchev–Trinajstić information content (AvgIpc) is 3.26. The lowest BCUT2D eigenvalue weighted by atomic mass is 9.79. The summed E-state index contributed by atoms with van der Waals surface area (Å²) in [5.74, 6) is 4.05. The van der Waals surface area contributed by atoms with Gasteiger partial charge in [0.2, 0.25) is 5.92 Å². The van der Waals surface area contributed by atoms with E-state index in [1.165, 1.54) is 11.2 Å². The van der Waals surface area contributed by atoms with E-state index < -0.39 is 21.8 Å². The van der Waals surface area contributed by atoms with Crippen LogP contribution in [0.2, 0.25) is 0 Å². The van der Waals surface area contributed by atoms with Crippen LogP contribution in [0.25, 0.3) is 27.6 Å². The van der Waals surface area contributed by atoms with E-state index in [2.05, 4.69) is 24.1 Å². The fourth-order valence-electron chi connectivity index (χ4n) is 6.39. The van der Waals surface area contributed by atoms with Crippen molar-refractivity contribution in [2.24, 2.45) is 23.4 Å². The normalized spacial score (nSPS) is 17.2. The zero-order chi connectivity index (χ0) is 32.0. The molecule has 1 atom stereocenters. The van der Waals surface area contributed by atoms with Crippen LogP contribution >= 0.6 is 0 Å². The highest BCUT2D eigenvalue weighted by atomic mass is 32.2. The van der Waals surface area contributed by atoms with Gasteiger partial charge in [-0.1, -0.05) is 44.2 Å². The number of allylic oxidation sites excluding steroid dienone is 1. The Morgan fingerprint density at radius 3 is 2.39 bits per heavy atom. The summed E-state index contributed by atoms with van der Waals surface area (Å²) in [5.41, 5.74) is 10.4. The van der Waals surface area contributed by atoms with Gasteiger partial charge in [-0.2, -0.15) is 0 Å². The van der Waals surface area contributed by atoms with E-state index in [1.807, 2.05) is 41.0 Å². The molecular formula is C32H41F2N7O2S. The molecule has 1 aliphatic carbocycles. The van der Waals surface area contributed by atoms with Crippen LogP contribution in [0.3, 0.4) is 0 Å². The van der Waals surface area contributed by atoms with Gasteiger partial charge >= 0.3 is 0 Å². The molecule has 5 rings (SSSR count). The average molecular weight is 626 g/mol. The molecule has 3 aromatic heterocycles. The van der Waals surface area contributed by atoms with Crippen molar-refractivity contribution >= 4 is 43.3 Å². The number of hydrogen-bond donors (Lipinski definition) is 3. The Morgan fingerprint density at radius 2 is 1.82 bits per heavy atom. The Hall–Kier alpha value is -3.77. The van der Waals surface area contributed by atoms with Crippen molar-refractivity contribution in [2.45, 2.75) is 63.3 Å². The fourth-order valence-corrected chi connectivity index (χ4v) is 7.19. The smallest absolute Gasteiger partial charge is 0.248 e. The van der Waals surface area contributed by atoms with Gasteiger partial charge in [0.1, 0.15) is 10.7 Å². The molecule has 4 aromatic rings. The summed E-state index contributed by atoms with van der Waals surface area (Å²) in [4.78, 5) is 9.52. The number of nitrogens with zero attached hydrogens (tertiary/aromatic N) is 4. The number of hydrogen-bond acceptors (Lipinski definition) is 8. The Kier molecular flexibility index (Phi) is 8.60. The molecule has 3 heterocycles. The van der Waals surface area contributed by atoms with E-state index in [0.717, 1.165) is 11.8 Å². The van der Waals surface area contributed by atoms with Gasteiger partial charge in [-0.3, -0.25) is 4.98 Å². The van der Waals surface area contributed by atoms with Crippen LogP contribution in [0.4, 0.5) is 14.6 Å². The molecule has 0 radical (unpaired) electrons.